The molecule has 10 heteroatoms. The minimum absolute atomic E-state index is 0.0226. The van der Waals surface area contributed by atoms with Gasteiger partial charge in [0.1, 0.15) is 5.60 Å². The van der Waals surface area contributed by atoms with Crippen LogP contribution in [0.25, 0.3) is 0 Å². The number of rotatable bonds is 3. The quantitative estimate of drug-likeness (QED) is 0.734. The van der Waals surface area contributed by atoms with Crippen LogP contribution >= 0.6 is 0 Å². The highest BCUT2D eigenvalue weighted by Crippen LogP contribution is 2.30. The van der Waals surface area contributed by atoms with Crippen molar-refractivity contribution in [3.05, 3.63) is 29.8 Å². The van der Waals surface area contributed by atoms with Crippen LogP contribution in [0.1, 0.15) is 32.8 Å². The van der Waals surface area contributed by atoms with E-state index in [0.717, 1.165) is 12.1 Å². The summed E-state index contributed by atoms with van der Waals surface area (Å²) in [6.07, 6.45) is -5.63. The predicted octanol–water partition coefficient (Wildman–Crippen LogP) is 3.42. The number of alkyl halides is 3. The molecule has 1 aliphatic rings. The summed E-state index contributed by atoms with van der Waals surface area (Å²) >= 11 is 0. The number of amides is 1. The van der Waals surface area contributed by atoms with E-state index in [1.807, 2.05) is 0 Å². The molecule has 0 N–H and O–H groups in total. The summed E-state index contributed by atoms with van der Waals surface area (Å²) in [6, 6.07) is 3.05. The Bertz CT molecular complexity index is 754. The van der Waals surface area contributed by atoms with Gasteiger partial charge < -0.3 is 9.64 Å². The Morgan fingerprint density at radius 3 is 2.23 bits per heavy atom. The fraction of sp³-hybridized carbons (Fsp3) is 0.562. The first kappa shape index (κ1) is 20.5. The largest absolute Gasteiger partial charge is 0.444 e. The van der Waals surface area contributed by atoms with Crippen molar-refractivity contribution in [1.29, 1.82) is 0 Å². The Hall–Kier alpha value is -1.81. The second-order valence-corrected chi connectivity index (χ2v) is 8.48. The zero-order chi connectivity index (χ0) is 19.8. The number of nitrogens with zero attached hydrogens (tertiary/aromatic N) is 1. The molecule has 0 saturated carbocycles. The first-order chi connectivity index (χ1) is 11.8. The van der Waals surface area contributed by atoms with Crippen LogP contribution in [0.4, 0.5) is 18.0 Å². The normalized spacial score (nSPS) is 18.8. The first-order valence-electron chi connectivity index (χ1n) is 7.86. The zero-order valence-corrected chi connectivity index (χ0v) is 15.4. The third kappa shape index (κ3) is 5.34. The van der Waals surface area contributed by atoms with Gasteiger partial charge in [0.25, 0.3) is 10.1 Å². The van der Waals surface area contributed by atoms with Crippen LogP contribution in [-0.2, 0) is 25.2 Å². The van der Waals surface area contributed by atoms with Gasteiger partial charge in [-0.25, -0.2) is 4.79 Å². The molecule has 1 amide bonds. The van der Waals surface area contributed by atoms with Gasteiger partial charge in [0.2, 0.25) is 0 Å². The molecule has 0 spiro atoms. The van der Waals surface area contributed by atoms with Crippen molar-refractivity contribution < 1.29 is 35.3 Å². The molecule has 1 aromatic rings. The molecule has 1 aliphatic heterocycles. The van der Waals surface area contributed by atoms with Crippen LogP contribution in [0.2, 0.25) is 0 Å². The Balaban J connectivity index is 2.01. The van der Waals surface area contributed by atoms with Crippen LogP contribution in [0.3, 0.4) is 0 Å². The Morgan fingerprint density at radius 1 is 1.15 bits per heavy atom. The second-order valence-electron chi connectivity index (χ2n) is 6.91. The Morgan fingerprint density at radius 2 is 1.73 bits per heavy atom. The van der Waals surface area contributed by atoms with Gasteiger partial charge in [0, 0.05) is 6.54 Å². The maximum Gasteiger partial charge on any atom is 0.416 e. The van der Waals surface area contributed by atoms with Crippen LogP contribution < -0.4 is 0 Å². The summed E-state index contributed by atoms with van der Waals surface area (Å²) in [6.45, 7) is 5.43. The fourth-order valence-electron chi connectivity index (χ4n) is 2.34. The molecule has 1 saturated heterocycles. The standard InChI is InChI=1S/C16H20F3NO5S/c1-15(2,3)24-14(21)20-9-8-12(10-20)25-26(22,23)13-6-4-11(5-7-13)16(17,18)19/h4-7,12H,8-10H2,1-3H3/t12-/m0/s1. The summed E-state index contributed by atoms with van der Waals surface area (Å²) < 4.78 is 72.3. The maximum absolute atomic E-state index is 12.5. The SMILES string of the molecule is CC(C)(C)OC(=O)N1CC[C@H](OS(=O)(=O)c2ccc(C(F)(F)F)cc2)C1. The van der Waals surface area contributed by atoms with E-state index in [4.69, 9.17) is 8.92 Å². The number of carbonyl (C=O) groups is 1. The summed E-state index contributed by atoms with van der Waals surface area (Å²) in [5.74, 6) is 0. The second kappa shape index (κ2) is 7.07. The number of carbonyl (C=O) groups excluding carboxylic acids is 1. The van der Waals surface area contributed by atoms with Crippen molar-refractivity contribution >= 4 is 16.2 Å². The van der Waals surface area contributed by atoms with Gasteiger partial charge in [-0.1, -0.05) is 0 Å². The van der Waals surface area contributed by atoms with Gasteiger partial charge >= 0.3 is 12.3 Å². The van der Waals surface area contributed by atoms with E-state index in [0.29, 0.717) is 12.1 Å². The summed E-state index contributed by atoms with van der Waals surface area (Å²) in [5.41, 5.74) is -1.63. The monoisotopic (exact) mass is 395 g/mol. The zero-order valence-electron chi connectivity index (χ0n) is 14.5. The summed E-state index contributed by atoms with van der Waals surface area (Å²) in [4.78, 5) is 12.9. The Kier molecular flexibility index (Phi) is 5.57. The molecule has 0 aromatic heterocycles. The molecule has 1 fully saturated rings. The molecule has 0 radical (unpaired) electrons. The molecule has 0 aliphatic carbocycles. The topological polar surface area (TPSA) is 72.9 Å². The van der Waals surface area contributed by atoms with Gasteiger partial charge in [-0.05, 0) is 51.5 Å². The highest BCUT2D eigenvalue weighted by Gasteiger charge is 2.34. The number of likely N-dealkylation sites (tertiary alicyclic amines) is 1. The minimum atomic E-state index is -4.55. The lowest BCUT2D eigenvalue weighted by Gasteiger charge is -2.24. The van der Waals surface area contributed by atoms with E-state index >= 15 is 0 Å². The van der Waals surface area contributed by atoms with Crippen molar-refractivity contribution in [3.63, 3.8) is 0 Å². The highest BCUT2D eigenvalue weighted by molar-refractivity contribution is 7.86. The fourth-order valence-corrected chi connectivity index (χ4v) is 3.44. The van der Waals surface area contributed by atoms with Crippen molar-refractivity contribution in [2.24, 2.45) is 0 Å². The number of ether oxygens (including phenoxy) is 1. The average Bonchev–Trinajstić information content (AvgIpc) is 2.92. The predicted molar refractivity (Wildman–Crippen MR) is 85.9 cm³/mol. The van der Waals surface area contributed by atoms with Crippen molar-refractivity contribution in [3.8, 4) is 0 Å². The third-order valence-corrected chi connectivity index (χ3v) is 4.90. The number of hydrogen-bond donors (Lipinski definition) is 0. The number of hydrogen-bond acceptors (Lipinski definition) is 5. The summed E-state index contributed by atoms with van der Waals surface area (Å²) in [5, 5.41) is 0. The molecule has 6 nitrogen and oxygen atoms in total. The van der Waals surface area contributed by atoms with E-state index in [-0.39, 0.29) is 24.4 Å². The van der Waals surface area contributed by atoms with Crippen LogP contribution in [-0.4, -0.2) is 44.2 Å². The van der Waals surface area contributed by atoms with Gasteiger partial charge in [-0.2, -0.15) is 21.6 Å². The van der Waals surface area contributed by atoms with Gasteiger partial charge in [0.15, 0.2) is 0 Å². The van der Waals surface area contributed by atoms with Crippen LogP contribution in [0.15, 0.2) is 29.2 Å². The number of benzene rings is 1. The first-order valence-corrected chi connectivity index (χ1v) is 9.27. The lowest BCUT2D eigenvalue weighted by molar-refractivity contribution is -0.137. The van der Waals surface area contributed by atoms with Crippen molar-refractivity contribution in [1.82, 2.24) is 4.90 Å². The molecule has 1 atom stereocenters. The lowest BCUT2D eigenvalue weighted by atomic mass is 10.2. The molecule has 0 bridgehead atoms. The van der Waals surface area contributed by atoms with E-state index < -0.39 is 39.7 Å². The molecular weight excluding hydrogens is 375 g/mol. The third-order valence-electron chi connectivity index (χ3n) is 3.53. The van der Waals surface area contributed by atoms with Gasteiger partial charge in [0.05, 0.1) is 23.1 Å². The molecular formula is C16H20F3NO5S. The summed E-state index contributed by atoms with van der Waals surface area (Å²) in [7, 11) is -4.24. The van der Waals surface area contributed by atoms with Gasteiger partial charge in [-0.15, -0.1) is 0 Å². The molecule has 26 heavy (non-hydrogen) atoms. The van der Waals surface area contributed by atoms with E-state index in [2.05, 4.69) is 0 Å². The minimum Gasteiger partial charge on any atom is -0.444 e. The average molecular weight is 395 g/mol. The Labute approximate surface area is 150 Å². The molecule has 0 unspecified atom stereocenters. The van der Waals surface area contributed by atoms with Crippen molar-refractivity contribution in [2.75, 3.05) is 13.1 Å². The van der Waals surface area contributed by atoms with Crippen LogP contribution in [0.5, 0.6) is 0 Å². The molecule has 146 valence electrons. The molecule has 1 heterocycles. The van der Waals surface area contributed by atoms with E-state index in [9.17, 15) is 26.4 Å². The molecule has 1 aromatic carbocycles. The number of halogens is 3. The maximum atomic E-state index is 12.5. The van der Waals surface area contributed by atoms with Gasteiger partial charge in [-0.3, -0.25) is 4.18 Å². The van der Waals surface area contributed by atoms with Crippen molar-refractivity contribution in [2.45, 2.75) is 50.0 Å². The van der Waals surface area contributed by atoms with Crippen LogP contribution in [0, 0.1) is 0 Å². The highest BCUT2D eigenvalue weighted by atomic mass is 32.2. The van der Waals surface area contributed by atoms with E-state index in [1.54, 1.807) is 20.8 Å². The smallest absolute Gasteiger partial charge is 0.416 e. The van der Waals surface area contributed by atoms with E-state index in [1.165, 1.54) is 4.90 Å². The lowest BCUT2D eigenvalue weighted by Crippen LogP contribution is -2.36. The molecule has 2 rings (SSSR count).